The van der Waals surface area contributed by atoms with Crippen LogP contribution in [0.4, 0.5) is 0 Å². The number of aliphatic hydroxyl groups excluding tert-OH is 2. The third-order valence-corrected chi connectivity index (χ3v) is 10.9. The Morgan fingerprint density at radius 2 is 1.00 bits per heavy atom. The van der Waals surface area contributed by atoms with Gasteiger partial charge in [-0.3, -0.25) is 9.59 Å². The molecule has 0 aliphatic heterocycles. The average Bonchev–Trinajstić information content (AvgIpc) is 3.20. The van der Waals surface area contributed by atoms with Gasteiger partial charge < -0.3 is 20.3 Å². The second kappa shape index (κ2) is 44.9. The maximum absolute atomic E-state index is 13.1. The highest BCUT2D eigenvalue weighted by Crippen LogP contribution is 2.17. The number of esters is 1. The Labute approximate surface area is 353 Å². The zero-order valence-electron chi connectivity index (χ0n) is 37.7. The molecule has 332 valence electrons. The smallest absolute Gasteiger partial charge is 0.306 e. The third kappa shape index (κ3) is 40.4. The zero-order chi connectivity index (χ0) is 41.7. The Morgan fingerprint density at radius 1 is 0.526 bits per heavy atom. The average molecular weight is 800 g/mol. The molecule has 0 fully saturated rings. The number of hydrogen-bond donors (Lipinski definition) is 3. The maximum atomic E-state index is 13.1. The van der Waals surface area contributed by atoms with E-state index in [2.05, 4.69) is 62.5 Å². The van der Waals surface area contributed by atoms with Gasteiger partial charge in [0.05, 0.1) is 25.2 Å². The minimum Gasteiger partial charge on any atom is -0.462 e. The molecule has 0 saturated carbocycles. The molecular formula is C51H93NO5. The fraction of sp³-hybridized carbons (Fsp3) is 0.804. The van der Waals surface area contributed by atoms with Crippen molar-refractivity contribution in [3.8, 4) is 0 Å². The molecule has 3 N–H and O–H groups in total. The van der Waals surface area contributed by atoms with Crippen LogP contribution in [-0.2, 0) is 14.3 Å². The monoisotopic (exact) mass is 800 g/mol. The van der Waals surface area contributed by atoms with Gasteiger partial charge in [0.2, 0.25) is 5.91 Å². The quantitative estimate of drug-likeness (QED) is 0.0247. The van der Waals surface area contributed by atoms with Crippen molar-refractivity contribution in [2.75, 3.05) is 6.61 Å². The van der Waals surface area contributed by atoms with Crippen LogP contribution in [0.1, 0.15) is 239 Å². The molecule has 0 rings (SSSR count). The van der Waals surface area contributed by atoms with E-state index in [0.717, 1.165) is 83.5 Å². The van der Waals surface area contributed by atoms with Crippen LogP contribution in [0.15, 0.2) is 48.6 Å². The van der Waals surface area contributed by atoms with E-state index in [0.29, 0.717) is 19.3 Å². The topological polar surface area (TPSA) is 95.9 Å². The number of carbonyl (C=O) groups is 2. The van der Waals surface area contributed by atoms with Crippen LogP contribution in [0.5, 0.6) is 0 Å². The summed E-state index contributed by atoms with van der Waals surface area (Å²) in [7, 11) is 0. The van der Waals surface area contributed by atoms with E-state index >= 15 is 0 Å². The fourth-order valence-corrected chi connectivity index (χ4v) is 7.26. The van der Waals surface area contributed by atoms with Gasteiger partial charge in [0.25, 0.3) is 0 Å². The van der Waals surface area contributed by atoms with E-state index in [1.165, 1.54) is 109 Å². The molecule has 0 heterocycles. The van der Waals surface area contributed by atoms with E-state index in [9.17, 15) is 19.8 Å². The van der Waals surface area contributed by atoms with Gasteiger partial charge in [-0.1, -0.05) is 211 Å². The predicted octanol–water partition coefficient (Wildman–Crippen LogP) is 14.3. The van der Waals surface area contributed by atoms with Crippen molar-refractivity contribution in [2.45, 2.75) is 257 Å². The summed E-state index contributed by atoms with van der Waals surface area (Å²) < 4.78 is 5.87. The van der Waals surface area contributed by atoms with Crippen LogP contribution in [0.2, 0.25) is 0 Å². The molecule has 0 saturated heterocycles. The number of amides is 1. The van der Waals surface area contributed by atoms with Crippen molar-refractivity contribution >= 4 is 11.9 Å². The summed E-state index contributed by atoms with van der Waals surface area (Å²) in [5, 5.41) is 23.7. The van der Waals surface area contributed by atoms with Gasteiger partial charge in [0, 0.05) is 6.42 Å². The van der Waals surface area contributed by atoms with Gasteiger partial charge in [-0.25, -0.2) is 0 Å². The predicted molar refractivity (Wildman–Crippen MR) is 245 cm³/mol. The molecule has 0 aromatic heterocycles. The van der Waals surface area contributed by atoms with Crippen molar-refractivity contribution in [3.63, 3.8) is 0 Å². The summed E-state index contributed by atoms with van der Waals surface area (Å²) in [6.07, 6.45) is 53.2. The largest absolute Gasteiger partial charge is 0.462 e. The van der Waals surface area contributed by atoms with Crippen molar-refractivity contribution in [1.29, 1.82) is 0 Å². The number of allylic oxidation sites excluding steroid dienone is 8. The van der Waals surface area contributed by atoms with Crippen LogP contribution in [0, 0.1) is 0 Å². The molecule has 3 unspecified atom stereocenters. The van der Waals surface area contributed by atoms with Crippen LogP contribution in [0.25, 0.3) is 0 Å². The van der Waals surface area contributed by atoms with Gasteiger partial charge in [-0.15, -0.1) is 0 Å². The Kier molecular flexibility index (Phi) is 43.2. The Balaban J connectivity index is 4.49. The summed E-state index contributed by atoms with van der Waals surface area (Å²) in [5.41, 5.74) is 0. The third-order valence-electron chi connectivity index (χ3n) is 10.9. The molecule has 0 aliphatic carbocycles. The molecule has 1 amide bonds. The Hall–Kier alpha value is -2.18. The summed E-state index contributed by atoms with van der Waals surface area (Å²) in [4.78, 5) is 26.0. The summed E-state index contributed by atoms with van der Waals surface area (Å²) in [6.45, 7) is 6.28. The number of ether oxygens (including phenoxy) is 1. The standard InChI is InChI=1S/C51H93NO5/c1-4-7-10-13-16-19-22-23-24-25-26-27-29-31-34-37-40-43-49(54)48(46-53)52-50(55)45-47(42-39-36-33-30-28-20-17-14-11-8-5-2)57-51(56)44-41-38-35-32-21-18-15-12-9-6-3/h8,11-12,14-15,17,20,28,47-49,53-54H,4-7,9-10,13,16,18-19,21-27,29-46H2,1-3H3,(H,52,55)/b11-8+,15-12-,17-14+,28-20-. The molecule has 6 nitrogen and oxygen atoms in total. The molecular weight excluding hydrogens is 707 g/mol. The Morgan fingerprint density at radius 3 is 1.56 bits per heavy atom. The summed E-state index contributed by atoms with van der Waals surface area (Å²) in [6, 6.07) is -0.713. The minimum absolute atomic E-state index is 0.0512. The lowest BCUT2D eigenvalue weighted by atomic mass is 10.0. The maximum Gasteiger partial charge on any atom is 0.306 e. The number of unbranched alkanes of at least 4 members (excludes halogenated alkanes) is 25. The second-order valence-corrected chi connectivity index (χ2v) is 16.5. The molecule has 6 heteroatoms. The van der Waals surface area contributed by atoms with Gasteiger partial charge in [0.1, 0.15) is 6.10 Å². The van der Waals surface area contributed by atoms with Gasteiger partial charge in [-0.2, -0.15) is 0 Å². The summed E-state index contributed by atoms with van der Waals surface area (Å²) >= 11 is 0. The highest BCUT2D eigenvalue weighted by atomic mass is 16.5. The van der Waals surface area contributed by atoms with Gasteiger partial charge in [0.15, 0.2) is 0 Å². The van der Waals surface area contributed by atoms with E-state index in [1.807, 2.05) is 12.2 Å². The first-order valence-corrected chi connectivity index (χ1v) is 24.4. The second-order valence-electron chi connectivity index (χ2n) is 16.5. The zero-order valence-corrected chi connectivity index (χ0v) is 37.7. The van der Waals surface area contributed by atoms with Crippen molar-refractivity contribution in [3.05, 3.63) is 48.6 Å². The van der Waals surface area contributed by atoms with E-state index in [4.69, 9.17) is 4.74 Å². The lowest BCUT2D eigenvalue weighted by Crippen LogP contribution is -2.46. The minimum atomic E-state index is -0.797. The van der Waals surface area contributed by atoms with Crippen LogP contribution < -0.4 is 5.32 Å². The highest BCUT2D eigenvalue weighted by Gasteiger charge is 2.24. The molecule has 0 aliphatic rings. The molecule has 0 aromatic carbocycles. The first kappa shape index (κ1) is 54.8. The first-order valence-electron chi connectivity index (χ1n) is 24.4. The number of hydrogen-bond acceptors (Lipinski definition) is 5. The fourth-order valence-electron chi connectivity index (χ4n) is 7.26. The van der Waals surface area contributed by atoms with Crippen molar-refractivity contribution in [2.24, 2.45) is 0 Å². The van der Waals surface area contributed by atoms with E-state index in [1.54, 1.807) is 0 Å². The van der Waals surface area contributed by atoms with Crippen molar-refractivity contribution in [1.82, 2.24) is 5.32 Å². The highest BCUT2D eigenvalue weighted by molar-refractivity contribution is 5.77. The molecule has 3 atom stereocenters. The lowest BCUT2D eigenvalue weighted by Gasteiger charge is -2.24. The molecule has 0 spiro atoms. The number of carbonyl (C=O) groups excluding carboxylic acids is 2. The summed E-state index contributed by atoms with van der Waals surface area (Å²) in [5.74, 6) is -0.521. The van der Waals surface area contributed by atoms with Gasteiger partial charge in [-0.05, 0) is 64.2 Å². The van der Waals surface area contributed by atoms with Crippen molar-refractivity contribution < 1.29 is 24.5 Å². The normalized spacial score (nSPS) is 13.7. The molecule has 0 bridgehead atoms. The van der Waals surface area contributed by atoms with E-state index in [-0.39, 0.29) is 24.9 Å². The lowest BCUT2D eigenvalue weighted by molar-refractivity contribution is -0.151. The Bertz CT molecular complexity index is 988. The first-order chi connectivity index (χ1) is 28.0. The SMILES string of the molecule is CC/C=C/C=C/C=C\CCCCCC(CC(=O)NC(CO)C(O)CCCCCCCCCCCCCCCCCCC)OC(=O)CCCCCCC/C=C\CCC. The van der Waals surface area contributed by atoms with E-state index < -0.39 is 18.2 Å². The van der Waals surface area contributed by atoms with Gasteiger partial charge >= 0.3 is 5.97 Å². The van der Waals surface area contributed by atoms with Crippen LogP contribution in [-0.4, -0.2) is 46.9 Å². The van der Waals surface area contributed by atoms with Crippen LogP contribution in [0.3, 0.4) is 0 Å². The number of rotatable bonds is 43. The van der Waals surface area contributed by atoms with Crippen LogP contribution >= 0.6 is 0 Å². The number of aliphatic hydroxyl groups is 2. The molecule has 0 aromatic rings. The number of nitrogens with one attached hydrogen (secondary N) is 1. The molecule has 0 radical (unpaired) electrons. The molecule has 57 heavy (non-hydrogen) atoms.